The maximum Gasteiger partial charge on any atom is 0.342 e. The van der Waals surface area contributed by atoms with E-state index in [1.54, 1.807) is 42.5 Å². The molecule has 2 aromatic carbocycles. The number of fused-ring (bicyclic) bond motifs is 1. The van der Waals surface area contributed by atoms with Crippen molar-refractivity contribution in [2.24, 2.45) is 0 Å². The number of esters is 1. The van der Waals surface area contributed by atoms with E-state index in [4.69, 9.17) is 13.9 Å². The molecule has 3 rings (SSSR count). The first kappa shape index (κ1) is 20.9. The van der Waals surface area contributed by atoms with Gasteiger partial charge in [-0.05, 0) is 41.8 Å². The third kappa shape index (κ3) is 4.28. The molecule has 0 spiro atoms. The maximum atomic E-state index is 12.8. The number of rotatable bonds is 7. The number of hydrogen-bond donors (Lipinski definition) is 1. The summed E-state index contributed by atoms with van der Waals surface area (Å²) in [5.41, 5.74) is 2.01. The maximum absolute atomic E-state index is 12.8. The number of furan rings is 1. The Morgan fingerprint density at radius 2 is 1.79 bits per heavy atom. The van der Waals surface area contributed by atoms with E-state index in [9.17, 15) is 13.2 Å². The van der Waals surface area contributed by atoms with Crippen LogP contribution in [0.4, 0.5) is 5.69 Å². The Balaban J connectivity index is 1.98. The minimum absolute atomic E-state index is 0.0857. The van der Waals surface area contributed by atoms with Crippen LogP contribution in [-0.2, 0) is 26.1 Å². The molecule has 0 aliphatic carbocycles. The SMILES string of the molecule is COCc1oc2ccc(NS(=O)(=O)c3ccc(C(C)C)cc3)cc2c1C(=O)OC. The lowest BCUT2D eigenvalue weighted by molar-refractivity contribution is 0.0594. The fourth-order valence-corrected chi connectivity index (χ4v) is 4.07. The van der Waals surface area contributed by atoms with Gasteiger partial charge in [-0.25, -0.2) is 13.2 Å². The molecule has 0 radical (unpaired) electrons. The molecular weight excluding hydrogens is 394 g/mol. The molecule has 0 bridgehead atoms. The summed E-state index contributed by atoms with van der Waals surface area (Å²) in [6, 6.07) is 11.5. The van der Waals surface area contributed by atoms with Gasteiger partial charge in [-0.2, -0.15) is 0 Å². The lowest BCUT2D eigenvalue weighted by atomic mass is 10.0. The number of nitrogens with one attached hydrogen (secondary N) is 1. The average molecular weight is 417 g/mol. The molecule has 154 valence electrons. The molecular formula is C21H23NO6S. The van der Waals surface area contributed by atoms with E-state index < -0.39 is 16.0 Å². The van der Waals surface area contributed by atoms with Crippen molar-refractivity contribution in [3.8, 4) is 0 Å². The molecule has 0 saturated carbocycles. The quantitative estimate of drug-likeness (QED) is 0.576. The summed E-state index contributed by atoms with van der Waals surface area (Å²) in [7, 11) is -1.03. The topological polar surface area (TPSA) is 94.8 Å². The van der Waals surface area contributed by atoms with Crippen LogP contribution < -0.4 is 4.72 Å². The van der Waals surface area contributed by atoms with Gasteiger partial charge in [0.05, 0.1) is 12.0 Å². The fraction of sp³-hybridized carbons (Fsp3) is 0.286. The van der Waals surface area contributed by atoms with E-state index in [0.717, 1.165) is 5.56 Å². The van der Waals surface area contributed by atoms with Gasteiger partial charge >= 0.3 is 5.97 Å². The third-order valence-corrected chi connectivity index (χ3v) is 5.93. The predicted octanol–water partition coefficient (Wildman–Crippen LogP) is 4.29. The van der Waals surface area contributed by atoms with Gasteiger partial charge < -0.3 is 13.9 Å². The first-order chi connectivity index (χ1) is 13.8. The monoisotopic (exact) mass is 417 g/mol. The van der Waals surface area contributed by atoms with Crippen molar-refractivity contribution in [1.82, 2.24) is 0 Å². The summed E-state index contributed by atoms with van der Waals surface area (Å²) in [5.74, 6) is 0.0416. The zero-order chi connectivity index (χ0) is 21.2. The number of anilines is 1. The molecule has 0 atom stereocenters. The van der Waals surface area contributed by atoms with Gasteiger partial charge in [0.25, 0.3) is 10.0 Å². The number of carbonyl (C=O) groups excluding carboxylic acids is 1. The van der Waals surface area contributed by atoms with Crippen LogP contribution in [0.5, 0.6) is 0 Å². The van der Waals surface area contributed by atoms with Crippen LogP contribution in [0, 0.1) is 0 Å². The van der Waals surface area contributed by atoms with Gasteiger partial charge in [-0.1, -0.05) is 26.0 Å². The average Bonchev–Trinajstić information content (AvgIpc) is 3.04. The molecule has 7 nitrogen and oxygen atoms in total. The summed E-state index contributed by atoms with van der Waals surface area (Å²) in [5, 5.41) is 0.444. The molecule has 1 N–H and O–H groups in total. The number of methoxy groups -OCH3 is 2. The molecule has 0 unspecified atom stereocenters. The van der Waals surface area contributed by atoms with Crippen LogP contribution in [0.2, 0.25) is 0 Å². The van der Waals surface area contributed by atoms with Crippen LogP contribution in [0.1, 0.15) is 41.4 Å². The summed E-state index contributed by atoms with van der Waals surface area (Å²) in [4.78, 5) is 12.4. The van der Waals surface area contributed by atoms with Crippen molar-refractivity contribution in [3.63, 3.8) is 0 Å². The van der Waals surface area contributed by atoms with E-state index in [-0.39, 0.29) is 17.1 Å². The summed E-state index contributed by atoms with van der Waals surface area (Å²) >= 11 is 0. The van der Waals surface area contributed by atoms with Crippen molar-refractivity contribution in [2.75, 3.05) is 18.9 Å². The molecule has 0 fully saturated rings. The predicted molar refractivity (Wildman–Crippen MR) is 110 cm³/mol. The van der Waals surface area contributed by atoms with E-state index in [2.05, 4.69) is 4.72 Å². The lowest BCUT2D eigenvalue weighted by Crippen LogP contribution is -2.13. The van der Waals surface area contributed by atoms with Crippen LogP contribution in [0.3, 0.4) is 0 Å². The lowest BCUT2D eigenvalue weighted by Gasteiger charge is -2.10. The fourth-order valence-electron chi connectivity index (χ4n) is 3.02. The Morgan fingerprint density at radius 1 is 1.10 bits per heavy atom. The van der Waals surface area contributed by atoms with Gasteiger partial charge in [0.1, 0.15) is 23.5 Å². The van der Waals surface area contributed by atoms with E-state index in [0.29, 0.717) is 28.3 Å². The summed E-state index contributed by atoms with van der Waals surface area (Å²) in [6.45, 7) is 4.17. The standard InChI is InChI=1S/C21H23NO6S/c1-13(2)14-5-8-16(9-6-14)29(24,25)22-15-7-10-18-17(11-15)20(21(23)27-4)19(28-18)12-26-3/h5-11,13,22H,12H2,1-4H3. The van der Waals surface area contributed by atoms with Crippen LogP contribution in [0.15, 0.2) is 51.8 Å². The summed E-state index contributed by atoms with van der Waals surface area (Å²) in [6.07, 6.45) is 0. The van der Waals surface area contributed by atoms with E-state index >= 15 is 0 Å². The van der Waals surface area contributed by atoms with Crippen LogP contribution in [-0.4, -0.2) is 28.6 Å². The van der Waals surface area contributed by atoms with Crippen molar-refractivity contribution in [3.05, 3.63) is 59.4 Å². The van der Waals surface area contributed by atoms with Crippen molar-refractivity contribution in [1.29, 1.82) is 0 Å². The highest BCUT2D eigenvalue weighted by atomic mass is 32.2. The van der Waals surface area contributed by atoms with Gasteiger partial charge in [0.15, 0.2) is 0 Å². The molecule has 8 heteroatoms. The molecule has 0 saturated heterocycles. The zero-order valence-corrected chi connectivity index (χ0v) is 17.5. The highest BCUT2D eigenvalue weighted by Crippen LogP contribution is 2.30. The molecule has 0 aliphatic rings. The highest BCUT2D eigenvalue weighted by Gasteiger charge is 2.23. The Bertz CT molecular complexity index is 1130. The molecule has 1 heterocycles. The molecule has 0 amide bonds. The van der Waals surface area contributed by atoms with Crippen molar-refractivity contribution >= 4 is 32.6 Å². The Hall–Kier alpha value is -2.84. The van der Waals surface area contributed by atoms with Crippen LogP contribution >= 0.6 is 0 Å². The minimum atomic E-state index is -3.79. The number of hydrogen-bond acceptors (Lipinski definition) is 6. The second-order valence-corrected chi connectivity index (χ2v) is 8.55. The van der Waals surface area contributed by atoms with E-state index in [1.807, 2.05) is 13.8 Å². The summed E-state index contributed by atoms with van der Waals surface area (Å²) < 4.78 is 43.6. The Kier molecular flexibility index (Phi) is 5.95. The molecule has 1 aromatic heterocycles. The minimum Gasteiger partial charge on any atom is -0.465 e. The molecule has 0 aliphatic heterocycles. The van der Waals surface area contributed by atoms with Crippen LogP contribution in [0.25, 0.3) is 11.0 Å². The molecule has 29 heavy (non-hydrogen) atoms. The third-order valence-electron chi connectivity index (χ3n) is 4.54. The zero-order valence-electron chi connectivity index (χ0n) is 16.7. The largest absolute Gasteiger partial charge is 0.465 e. The Labute approximate surface area is 169 Å². The number of carbonyl (C=O) groups is 1. The highest BCUT2D eigenvalue weighted by molar-refractivity contribution is 7.92. The number of benzene rings is 2. The van der Waals surface area contributed by atoms with Gasteiger partial charge in [-0.15, -0.1) is 0 Å². The van der Waals surface area contributed by atoms with Crippen molar-refractivity contribution in [2.45, 2.75) is 31.3 Å². The molecule has 3 aromatic rings. The normalized spacial score (nSPS) is 11.8. The second-order valence-electron chi connectivity index (χ2n) is 6.87. The van der Waals surface area contributed by atoms with Gasteiger partial charge in [-0.3, -0.25) is 4.72 Å². The first-order valence-electron chi connectivity index (χ1n) is 9.02. The first-order valence-corrected chi connectivity index (χ1v) is 10.5. The number of ether oxygens (including phenoxy) is 2. The smallest absolute Gasteiger partial charge is 0.342 e. The van der Waals surface area contributed by atoms with Crippen molar-refractivity contribution < 1.29 is 27.1 Å². The van der Waals surface area contributed by atoms with Gasteiger partial charge in [0, 0.05) is 18.2 Å². The Morgan fingerprint density at radius 3 is 2.38 bits per heavy atom. The van der Waals surface area contributed by atoms with Gasteiger partial charge in [0.2, 0.25) is 0 Å². The second kappa shape index (κ2) is 8.26. The van der Waals surface area contributed by atoms with E-state index in [1.165, 1.54) is 14.2 Å². The number of sulfonamides is 1.